The lowest BCUT2D eigenvalue weighted by Crippen LogP contribution is -2.57. The molecule has 3 amide bonds. The van der Waals surface area contributed by atoms with Crippen LogP contribution < -0.4 is 5.32 Å². The Kier molecular flexibility index (Phi) is 3.61. The van der Waals surface area contributed by atoms with Gasteiger partial charge in [0.1, 0.15) is 0 Å². The first kappa shape index (κ1) is 13.0. The van der Waals surface area contributed by atoms with E-state index in [9.17, 15) is 9.59 Å². The van der Waals surface area contributed by atoms with Crippen LogP contribution in [0.3, 0.4) is 0 Å². The molecule has 16 heavy (non-hydrogen) atoms. The summed E-state index contributed by atoms with van der Waals surface area (Å²) in [6, 6.07) is -0.333. The van der Waals surface area contributed by atoms with Gasteiger partial charge in [0.05, 0.1) is 5.92 Å². The van der Waals surface area contributed by atoms with Crippen LogP contribution in [0.4, 0.5) is 4.79 Å². The normalized spacial score (nSPS) is 22.6. The quantitative estimate of drug-likeness (QED) is 0.783. The summed E-state index contributed by atoms with van der Waals surface area (Å²) in [5, 5.41) is 2.78. The Hall–Kier alpha value is -1.06. The van der Waals surface area contributed by atoms with Gasteiger partial charge in [0.15, 0.2) is 0 Å². The van der Waals surface area contributed by atoms with Crippen LogP contribution in [0.2, 0.25) is 0 Å². The van der Waals surface area contributed by atoms with Crippen LogP contribution in [0.1, 0.15) is 41.0 Å². The van der Waals surface area contributed by atoms with Crippen LogP contribution >= 0.6 is 0 Å². The molecule has 1 N–H and O–H groups in total. The molecule has 0 aliphatic carbocycles. The molecule has 1 atom stereocenters. The predicted octanol–water partition coefficient (Wildman–Crippen LogP) is 2.00. The highest BCUT2D eigenvalue weighted by Crippen LogP contribution is 2.27. The fourth-order valence-corrected chi connectivity index (χ4v) is 2.07. The third-order valence-corrected chi connectivity index (χ3v) is 2.68. The van der Waals surface area contributed by atoms with Crippen molar-refractivity contribution >= 4 is 11.9 Å². The monoisotopic (exact) mass is 226 g/mol. The minimum absolute atomic E-state index is 0.0336. The molecule has 0 bridgehead atoms. The van der Waals surface area contributed by atoms with Crippen molar-refractivity contribution in [1.82, 2.24) is 10.2 Å². The molecule has 0 spiro atoms. The van der Waals surface area contributed by atoms with Crippen LogP contribution in [0.15, 0.2) is 0 Å². The summed E-state index contributed by atoms with van der Waals surface area (Å²) >= 11 is 0. The highest BCUT2D eigenvalue weighted by atomic mass is 16.2. The molecule has 1 rings (SSSR count). The number of rotatable bonds is 2. The standard InChI is InChI=1S/C12H22N2O2/c1-8(2)14-10(15)9(6-12(3,4)5)7-13-11(14)16/h8-9H,6-7H2,1-5H3,(H,13,16). The lowest BCUT2D eigenvalue weighted by atomic mass is 9.83. The highest BCUT2D eigenvalue weighted by Gasteiger charge is 2.37. The molecule has 4 heteroatoms. The minimum Gasteiger partial charge on any atom is -0.337 e. The molecule has 1 unspecified atom stereocenters. The summed E-state index contributed by atoms with van der Waals surface area (Å²) in [7, 11) is 0. The van der Waals surface area contributed by atoms with Crippen molar-refractivity contribution in [2.75, 3.05) is 6.54 Å². The van der Waals surface area contributed by atoms with E-state index in [0.717, 1.165) is 6.42 Å². The van der Waals surface area contributed by atoms with Crippen LogP contribution in [-0.2, 0) is 4.79 Å². The summed E-state index contributed by atoms with van der Waals surface area (Å²) in [6.07, 6.45) is 0.801. The molecular weight excluding hydrogens is 204 g/mol. The Morgan fingerprint density at radius 1 is 1.38 bits per heavy atom. The highest BCUT2D eigenvalue weighted by molar-refractivity contribution is 5.98. The Labute approximate surface area is 97.4 Å². The molecule has 0 saturated carbocycles. The van der Waals surface area contributed by atoms with E-state index < -0.39 is 0 Å². The molecule has 1 fully saturated rings. The molecule has 0 aromatic carbocycles. The molecule has 0 radical (unpaired) electrons. The molecule has 4 nitrogen and oxygen atoms in total. The van der Waals surface area contributed by atoms with Gasteiger partial charge in [0.25, 0.3) is 0 Å². The molecule has 92 valence electrons. The Bertz CT molecular complexity index is 292. The zero-order chi connectivity index (χ0) is 12.5. The van der Waals surface area contributed by atoms with Crippen LogP contribution in [0, 0.1) is 11.3 Å². The molecule has 1 aliphatic rings. The smallest absolute Gasteiger partial charge is 0.324 e. The fraction of sp³-hybridized carbons (Fsp3) is 0.833. The number of hydrogen-bond acceptors (Lipinski definition) is 2. The predicted molar refractivity (Wildman–Crippen MR) is 62.9 cm³/mol. The van der Waals surface area contributed by atoms with Crippen molar-refractivity contribution in [1.29, 1.82) is 0 Å². The van der Waals surface area contributed by atoms with Gasteiger partial charge in [-0.25, -0.2) is 4.79 Å². The van der Waals surface area contributed by atoms with Gasteiger partial charge in [-0.15, -0.1) is 0 Å². The summed E-state index contributed by atoms with van der Waals surface area (Å²) < 4.78 is 0. The van der Waals surface area contributed by atoms with Gasteiger partial charge in [-0.3, -0.25) is 9.69 Å². The summed E-state index contributed by atoms with van der Waals surface area (Å²) in [6.45, 7) is 10.5. The number of hydrogen-bond donors (Lipinski definition) is 1. The van der Waals surface area contributed by atoms with E-state index in [1.807, 2.05) is 13.8 Å². The zero-order valence-corrected chi connectivity index (χ0v) is 10.8. The largest absolute Gasteiger partial charge is 0.337 e. The topological polar surface area (TPSA) is 49.4 Å². The van der Waals surface area contributed by atoms with Crippen LogP contribution in [0.5, 0.6) is 0 Å². The molecule has 0 aromatic rings. The van der Waals surface area contributed by atoms with Gasteiger partial charge in [0.2, 0.25) is 5.91 Å². The van der Waals surface area contributed by atoms with Gasteiger partial charge in [-0.1, -0.05) is 20.8 Å². The SMILES string of the molecule is CC(C)N1C(=O)NCC(CC(C)(C)C)C1=O. The average molecular weight is 226 g/mol. The molecule has 1 aliphatic heterocycles. The lowest BCUT2D eigenvalue weighted by molar-refractivity contribution is -0.136. The number of amides is 3. The van der Waals surface area contributed by atoms with E-state index in [-0.39, 0.29) is 29.3 Å². The number of urea groups is 1. The van der Waals surface area contributed by atoms with Crippen molar-refractivity contribution in [2.45, 2.75) is 47.1 Å². The molecule has 1 heterocycles. The van der Waals surface area contributed by atoms with Crippen LogP contribution in [-0.4, -0.2) is 29.4 Å². The van der Waals surface area contributed by atoms with Crippen LogP contribution in [0.25, 0.3) is 0 Å². The molecular formula is C12H22N2O2. The molecule has 1 saturated heterocycles. The first-order valence-corrected chi connectivity index (χ1v) is 5.83. The van der Waals surface area contributed by atoms with E-state index in [1.54, 1.807) is 0 Å². The fourth-order valence-electron chi connectivity index (χ4n) is 2.07. The number of imide groups is 1. The Morgan fingerprint density at radius 3 is 2.38 bits per heavy atom. The summed E-state index contributed by atoms with van der Waals surface area (Å²) in [4.78, 5) is 25.0. The van der Waals surface area contributed by atoms with E-state index in [4.69, 9.17) is 0 Å². The minimum atomic E-state index is -0.259. The van der Waals surface area contributed by atoms with Gasteiger partial charge in [-0.2, -0.15) is 0 Å². The van der Waals surface area contributed by atoms with Gasteiger partial charge >= 0.3 is 6.03 Å². The Balaban J connectivity index is 2.77. The second kappa shape index (κ2) is 4.44. The van der Waals surface area contributed by atoms with Crippen molar-refractivity contribution in [2.24, 2.45) is 11.3 Å². The number of nitrogens with one attached hydrogen (secondary N) is 1. The molecule has 0 aromatic heterocycles. The first-order chi connectivity index (χ1) is 7.22. The number of carbonyl (C=O) groups is 2. The first-order valence-electron chi connectivity index (χ1n) is 5.83. The van der Waals surface area contributed by atoms with Crippen molar-refractivity contribution < 1.29 is 9.59 Å². The van der Waals surface area contributed by atoms with Gasteiger partial charge in [0, 0.05) is 12.6 Å². The van der Waals surface area contributed by atoms with E-state index >= 15 is 0 Å². The summed E-state index contributed by atoms with van der Waals surface area (Å²) in [5.74, 6) is -0.117. The van der Waals surface area contributed by atoms with E-state index in [0.29, 0.717) is 6.54 Å². The van der Waals surface area contributed by atoms with E-state index in [1.165, 1.54) is 4.90 Å². The number of carbonyl (C=O) groups excluding carboxylic acids is 2. The number of nitrogens with zero attached hydrogens (tertiary/aromatic N) is 1. The van der Waals surface area contributed by atoms with E-state index in [2.05, 4.69) is 26.1 Å². The lowest BCUT2D eigenvalue weighted by Gasteiger charge is -2.36. The average Bonchev–Trinajstić information content (AvgIpc) is 2.07. The maximum absolute atomic E-state index is 12.1. The second-order valence-electron chi connectivity index (χ2n) is 5.95. The Morgan fingerprint density at radius 2 is 1.94 bits per heavy atom. The summed E-state index contributed by atoms with van der Waals surface area (Å²) in [5.41, 5.74) is 0.102. The maximum Gasteiger partial charge on any atom is 0.324 e. The van der Waals surface area contributed by atoms with Gasteiger partial charge < -0.3 is 5.32 Å². The second-order valence-corrected chi connectivity index (χ2v) is 5.95. The third-order valence-electron chi connectivity index (χ3n) is 2.68. The van der Waals surface area contributed by atoms with Crippen molar-refractivity contribution in [3.05, 3.63) is 0 Å². The van der Waals surface area contributed by atoms with Crippen molar-refractivity contribution in [3.8, 4) is 0 Å². The van der Waals surface area contributed by atoms with Gasteiger partial charge in [-0.05, 0) is 25.7 Å². The van der Waals surface area contributed by atoms with Crippen molar-refractivity contribution in [3.63, 3.8) is 0 Å². The third kappa shape index (κ3) is 2.97. The zero-order valence-electron chi connectivity index (χ0n) is 10.8. The maximum atomic E-state index is 12.1.